The molecule has 0 saturated carbocycles. The number of fused-ring (bicyclic) bond motifs is 1. The van der Waals surface area contributed by atoms with E-state index >= 15 is 0 Å². The Balaban J connectivity index is 1.90. The summed E-state index contributed by atoms with van der Waals surface area (Å²) < 4.78 is 11.0. The van der Waals surface area contributed by atoms with Crippen LogP contribution in [0.3, 0.4) is 0 Å². The fourth-order valence-electron chi connectivity index (χ4n) is 2.02. The SMILES string of the molecule is CC1(Nc2nc3ccc(N)cc3o2)CCOC1. The zero-order valence-electron chi connectivity index (χ0n) is 9.69. The van der Waals surface area contributed by atoms with E-state index in [0.29, 0.717) is 23.9 Å². The molecular formula is C12H15N3O2. The third-order valence-corrected chi connectivity index (χ3v) is 3.04. The number of nitrogens with one attached hydrogen (secondary N) is 1. The normalized spacial score (nSPS) is 24.3. The molecule has 0 amide bonds. The van der Waals surface area contributed by atoms with Gasteiger partial charge >= 0.3 is 0 Å². The molecule has 90 valence electrons. The van der Waals surface area contributed by atoms with Crippen LogP contribution < -0.4 is 11.1 Å². The number of rotatable bonds is 2. The lowest BCUT2D eigenvalue weighted by Crippen LogP contribution is -2.35. The Morgan fingerprint density at radius 1 is 1.47 bits per heavy atom. The standard InChI is InChI=1S/C12H15N3O2/c1-12(4-5-16-7-12)15-11-14-9-3-2-8(13)6-10(9)17-11/h2-3,6H,4-5,7,13H2,1H3,(H,14,15). The highest BCUT2D eigenvalue weighted by atomic mass is 16.5. The number of anilines is 2. The van der Waals surface area contributed by atoms with Crippen molar-refractivity contribution in [1.29, 1.82) is 0 Å². The van der Waals surface area contributed by atoms with Crippen LogP contribution in [0, 0.1) is 0 Å². The van der Waals surface area contributed by atoms with Crippen molar-refractivity contribution in [3.05, 3.63) is 18.2 Å². The predicted octanol–water partition coefficient (Wildman–Crippen LogP) is 2.00. The highest BCUT2D eigenvalue weighted by Crippen LogP contribution is 2.26. The Hall–Kier alpha value is -1.75. The Labute approximate surface area is 98.9 Å². The maximum Gasteiger partial charge on any atom is 0.296 e. The molecule has 0 bridgehead atoms. The van der Waals surface area contributed by atoms with Gasteiger partial charge in [-0.15, -0.1) is 0 Å². The molecule has 3 rings (SSSR count). The third kappa shape index (κ3) is 1.93. The quantitative estimate of drug-likeness (QED) is 0.776. The maximum absolute atomic E-state index is 5.69. The van der Waals surface area contributed by atoms with E-state index in [9.17, 15) is 0 Å². The largest absolute Gasteiger partial charge is 0.423 e. The van der Waals surface area contributed by atoms with Gasteiger partial charge in [-0.05, 0) is 25.5 Å². The minimum atomic E-state index is -0.0909. The average Bonchev–Trinajstić information content (AvgIpc) is 2.84. The fourth-order valence-corrected chi connectivity index (χ4v) is 2.02. The molecule has 2 heterocycles. The van der Waals surface area contributed by atoms with Gasteiger partial charge in [-0.1, -0.05) is 0 Å². The zero-order valence-corrected chi connectivity index (χ0v) is 9.69. The van der Waals surface area contributed by atoms with Gasteiger partial charge in [0.15, 0.2) is 5.58 Å². The van der Waals surface area contributed by atoms with E-state index in [0.717, 1.165) is 18.5 Å². The smallest absolute Gasteiger partial charge is 0.296 e. The number of oxazole rings is 1. The number of nitrogens with two attached hydrogens (primary N) is 1. The van der Waals surface area contributed by atoms with E-state index in [1.54, 1.807) is 6.07 Å². The molecule has 1 fully saturated rings. The van der Waals surface area contributed by atoms with Gasteiger partial charge in [0.05, 0.1) is 12.1 Å². The molecule has 1 aromatic heterocycles. The first-order valence-electron chi connectivity index (χ1n) is 5.67. The second-order valence-electron chi connectivity index (χ2n) is 4.73. The van der Waals surface area contributed by atoms with Gasteiger partial charge in [-0.3, -0.25) is 0 Å². The van der Waals surface area contributed by atoms with Crippen LogP contribution in [0.5, 0.6) is 0 Å². The first kappa shape index (κ1) is 10.4. The van der Waals surface area contributed by atoms with Crippen molar-refractivity contribution in [3.63, 3.8) is 0 Å². The number of aromatic nitrogens is 1. The van der Waals surface area contributed by atoms with Crippen LogP contribution in [-0.4, -0.2) is 23.7 Å². The van der Waals surface area contributed by atoms with Gasteiger partial charge in [0, 0.05) is 18.4 Å². The first-order chi connectivity index (χ1) is 8.15. The van der Waals surface area contributed by atoms with E-state index in [4.69, 9.17) is 14.9 Å². The van der Waals surface area contributed by atoms with E-state index < -0.39 is 0 Å². The summed E-state index contributed by atoms with van der Waals surface area (Å²) in [4.78, 5) is 4.37. The molecule has 0 spiro atoms. The third-order valence-electron chi connectivity index (χ3n) is 3.04. The Bertz CT molecular complexity index is 544. The highest BCUT2D eigenvalue weighted by molar-refractivity contribution is 5.78. The minimum absolute atomic E-state index is 0.0909. The molecule has 0 aliphatic carbocycles. The van der Waals surface area contributed by atoms with Gasteiger partial charge in [0.2, 0.25) is 0 Å². The number of ether oxygens (including phenoxy) is 1. The molecule has 2 aromatic rings. The first-order valence-corrected chi connectivity index (χ1v) is 5.67. The molecule has 1 aliphatic heterocycles. The lowest BCUT2D eigenvalue weighted by atomic mass is 10.0. The second kappa shape index (κ2) is 3.63. The van der Waals surface area contributed by atoms with Gasteiger partial charge in [-0.2, -0.15) is 4.98 Å². The van der Waals surface area contributed by atoms with Crippen molar-refractivity contribution < 1.29 is 9.15 Å². The van der Waals surface area contributed by atoms with Crippen molar-refractivity contribution in [2.24, 2.45) is 0 Å². The molecule has 1 aliphatic rings. The maximum atomic E-state index is 5.69. The molecule has 1 unspecified atom stereocenters. The van der Waals surface area contributed by atoms with E-state index in [1.165, 1.54) is 0 Å². The average molecular weight is 233 g/mol. The number of nitrogens with zero attached hydrogens (tertiary/aromatic N) is 1. The van der Waals surface area contributed by atoms with Crippen LogP contribution in [0.2, 0.25) is 0 Å². The Morgan fingerprint density at radius 2 is 2.35 bits per heavy atom. The van der Waals surface area contributed by atoms with Crippen LogP contribution in [0.15, 0.2) is 22.6 Å². The zero-order chi connectivity index (χ0) is 11.9. The van der Waals surface area contributed by atoms with Crippen LogP contribution in [0.4, 0.5) is 11.7 Å². The van der Waals surface area contributed by atoms with Crippen molar-refractivity contribution in [2.75, 3.05) is 24.3 Å². The molecule has 1 aromatic carbocycles. The summed E-state index contributed by atoms with van der Waals surface area (Å²) in [6.45, 7) is 3.55. The van der Waals surface area contributed by atoms with E-state index in [2.05, 4.69) is 17.2 Å². The summed E-state index contributed by atoms with van der Waals surface area (Å²) in [6.07, 6.45) is 0.952. The molecule has 1 saturated heterocycles. The van der Waals surface area contributed by atoms with Crippen molar-refractivity contribution in [2.45, 2.75) is 18.9 Å². The number of hydrogen-bond donors (Lipinski definition) is 2. The summed E-state index contributed by atoms with van der Waals surface area (Å²) in [5.41, 5.74) is 7.79. The monoisotopic (exact) mass is 233 g/mol. The molecule has 5 nitrogen and oxygen atoms in total. The topological polar surface area (TPSA) is 73.3 Å². The van der Waals surface area contributed by atoms with Crippen molar-refractivity contribution in [1.82, 2.24) is 4.98 Å². The Kier molecular flexibility index (Phi) is 2.22. The lowest BCUT2D eigenvalue weighted by Gasteiger charge is -2.21. The molecule has 3 N–H and O–H groups in total. The van der Waals surface area contributed by atoms with Crippen LogP contribution in [-0.2, 0) is 4.74 Å². The highest BCUT2D eigenvalue weighted by Gasteiger charge is 2.30. The molecule has 5 heteroatoms. The fraction of sp³-hybridized carbons (Fsp3) is 0.417. The molecule has 1 atom stereocenters. The molecular weight excluding hydrogens is 218 g/mol. The van der Waals surface area contributed by atoms with Gasteiger partial charge in [0.25, 0.3) is 6.01 Å². The summed E-state index contributed by atoms with van der Waals surface area (Å²) in [7, 11) is 0. The number of hydrogen-bond acceptors (Lipinski definition) is 5. The number of nitrogen functional groups attached to an aromatic ring is 1. The van der Waals surface area contributed by atoms with Crippen LogP contribution >= 0.6 is 0 Å². The van der Waals surface area contributed by atoms with Crippen LogP contribution in [0.25, 0.3) is 11.1 Å². The summed E-state index contributed by atoms with van der Waals surface area (Å²) in [5.74, 6) is 0. The lowest BCUT2D eigenvalue weighted by molar-refractivity contribution is 0.184. The van der Waals surface area contributed by atoms with Crippen LogP contribution in [0.1, 0.15) is 13.3 Å². The summed E-state index contributed by atoms with van der Waals surface area (Å²) in [6, 6.07) is 5.97. The van der Waals surface area contributed by atoms with Gasteiger partial charge in [-0.25, -0.2) is 0 Å². The predicted molar refractivity (Wildman–Crippen MR) is 65.9 cm³/mol. The minimum Gasteiger partial charge on any atom is -0.423 e. The van der Waals surface area contributed by atoms with E-state index in [1.807, 2.05) is 12.1 Å². The van der Waals surface area contributed by atoms with Gasteiger partial charge in [0.1, 0.15) is 5.52 Å². The van der Waals surface area contributed by atoms with Crippen molar-refractivity contribution >= 4 is 22.8 Å². The molecule has 0 radical (unpaired) electrons. The van der Waals surface area contributed by atoms with Gasteiger partial charge < -0.3 is 20.2 Å². The summed E-state index contributed by atoms with van der Waals surface area (Å²) >= 11 is 0. The molecule has 17 heavy (non-hydrogen) atoms. The van der Waals surface area contributed by atoms with E-state index in [-0.39, 0.29) is 5.54 Å². The number of benzene rings is 1. The second-order valence-corrected chi connectivity index (χ2v) is 4.73. The summed E-state index contributed by atoms with van der Waals surface area (Å²) in [5, 5.41) is 3.28. The Morgan fingerprint density at radius 3 is 3.12 bits per heavy atom. The van der Waals surface area contributed by atoms with Crippen molar-refractivity contribution in [3.8, 4) is 0 Å².